The van der Waals surface area contributed by atoms with E-state index in [9.17, 15) is 0 Å². The first-order chi connectivity index (χ1) is 7.18. The summed E-state index contributed by atoms with van der Waals surface area (Å²) in [7, 11) is 0. The first-order valence-electron chi connectivity index (χ1n) is 5.52. The van der Waals surface area contributed by atoms with Gasteiger partial charge in [-0.1, -0.05) is 19.9 Å². The zero-order valence-electron chi connectivity index (χ0n) is 10.2. The lowest BCUT2D eigenvalue weighted by atomic mass is 10.2. The van der Waals surface area contributed by atoms with Gasteiger partial charge in [0.25, 0.3) is 0 Å². The summed E-state index contributed by atoms with van der Waals surface area (Å²) >= 11 is 1.79. The molecule has 4 heteroatoms. The molecule has 0 aliphatic carbocycles. The van der Waals surface area contributed by atoms with Gasteiger partial charge in [-0.05, 0) is 24.3 Å². The molecule has 0 fully saturated rings. The molecule has 16 heavy (non-hydrogen) atoms. The number of rotatable bonds is 7. The molecule has 1 rings (SSSR count). The van der Waals surface area contributed by atoms with Crippen molar-refractivity contribution in [3.63, 3.8) is 0 Å². The molecule has 0 aromatic carbocycles. The van der Waals surface area contributed by atoms with Crippen LogP contribution in [-0.4, -0.2) is 19.3 Å². The van der Waals surface area contributed by atoms with Crippen LogP contribution < -0.4 is 5.32 Å². The molecular formula is C12H22ClNOS. The number of ether oxygens (including phenoxy) is 1. The van der Waals surface area contributed by atoms with Crippen LogP contribution >= 0.6 is 23.7 Å². The van der Waals surface area contributed by atoms with E-state index < -0.39 is 0 Å². The van der Waals surface area contributed by atoms with Gasteiger partial charge < -0.3 is 10.1 Å². The third-order valence-corrected chi connectivity index (χ3v) is 2.90. The van der Waals surface area contributed by atoms with Crippen molar-refractivity contribution >= 4 is 23.7 Å². The van der Waals surface area contributed by atoms with E-state index >= 15 is 0 Å². The second-order valence-electron chi connectivity index (χ2n) is 4.29. The Labute approximate surface area is 109 Å². The van der Waals surface area contributed by atoms with E-state index in [0.717, 1.165) is 19.8 Å². The standard InChI is InChI=1S/C12H21NOS.ClH/c1-10(2)8-14-9-11(3)13-7-12-5-4-6-15-12;/h4-6,10-11,13H,7-9H2,1-3H3;1H. The smallest absolute Gasteiger partial charge is 0.0617 e. The van der Waals surface area contributed by atoms with E-state index in [1.54, 1.807) is 11.3 Å². The van der Waals surface area contributed by atoms with Crippen molar-refractivity contribution in [1.82, 2.24) is 5.32 Å². The Kier molecular flexibility index (Phi) is 8.94. The highest BCUT2D eigenvalue weighted by atomic mass is 35.5. The maximum absolute atomic E-state index is 5.57. The van der Waals surface area contributed by atoms with Gasteiger partial charge in [0.05, 0.1) is 6.61 Å². The summed E-state index contributed by atoms with van der Waals surface area (Å²) < 4.78 is 5.57. The van der Waals surface area contributed by atoms with Crippen molar-refractivity contribution in [2.45, 2.75) is 33.4 Å². The van der Waals surface area contributed by atoms with Crippen molar-refractivity contribution in [3.05, 3.63) is 22.4 Å². The van der Waals surface area contributed by atoms with E-state index in [2.05, 4.69) is 43.6 Å². The van der Waals surface area contributed by atoms with Crippen LogP contribution in [0.3, 0.4) is 0 Å². The second kappa shape index (κ2) is 8.99. The largest absolute Gasteiger partial charge is 0.380 e. The lowest BCUT2D eigenvalue weighted by molar-refractivity contribution is 0.0936. The summed E-state index contributed by atoms with van der Waals surface area (Å²) in [6.45, 7) is 9.10. The molecule has 1 heterocycles. The SMILES string of the molecule is CC(C)COCC(C)NCc1cccs1.Cl. The predicted octanol–water partition coefficient (Wildman–Crippen LogP) is 3.32. The highest BCUT2D eigenvalue weighted by molar-refractivity contribution is 7.09. The van der Waals surface area contributed by atoms with Gasteiger partial charge in [0.1, 0.15) is 0 Å². The molecule has 1 N–H and O–H groups in total. The molecule has 0 radical (unpaired) electrons. The fraction of sp³-hybridized carbons (Fsp3) is 0.667. The minimum Gasteiger partial charge on any atom is -0.380 e. The van der Waals surface area contributed by atoms with Gasteiger partial charge in [0.15, 0.2) is 0 Å². The van der Waals surface area contributed by atoms with Crippen molar-refractivity contribution in [2.75, 3.05) is 13.2 Å². The van der Waals surface area contributed by atoms with Gasteiger partial charge in [-0.15, -0.1) is 23.7 Å². The Morgan fingerprint density at radius 3 is 2.62 bits per heavy atom. The Balaban J connectivity index is 0.00000225. The van der Waals surface area contributed by atoms with Gasteiger partial charge in [0.2, 0.25) is 0 Å². The Hall–Kier alpha value is -0.0900. The minimum absolute atomic E-state index is 0. The van der Waals surface area contributed by atoms with Gasteiger partial charge in [-0.25, -0.2) is 0 Å². The zero-order valence-corrected chi connectivity index (χ0v) is 11.9. The van der Waals surface area contributed by atoms with Crippen LogP contribution in [0.5, 0.6) is 0 Å². The van der Waals surface area contributed by atoms with E-state index in [1.807, 2.05) is 0 Å². The molecule has 1 atom stereocenters. The lowest BCUT2D eigenvalue weighted by Gasteiger charge is -2.14. The number of hydrogen-bond donors (Lipinski definition) is 1. The van der Waals surface area contributed by atoms with Crippen molar-refractivity contribution < 1.29 is 4.74 Å². The highest BCUT2D eigenvalue weighted by Crippen LogP contribution is 2.07. The molecule has 94 valence electrons. The molecule has 2 nitrogen and oxygen atoms in total. The Morgan fingerprint density at radius 2 is 2.06 bits per heavy atom. The van der Waals surface area contributed by atoms with Gasteiger partial charge >= 0.3 is 0 Å². The fourth-order valence-electron chi connectivity index (χ4n) is 1.23. The van der Waals surface area contributed by atoms with Crippen LogP contribution in [0.1, 0.15) is 25.6 Å². The van der Waals surface area contributed by atoms with Crippen LogP contribution in [-0.2, 0) is 11.3 Å². The number of thiophene rings is 1. The van der Waals surface area contributed by atoms with Crippen LogP contribution in [0.25, 0.3) is 0 Å². The van der Waals surface area contributed by atoms with E-state index in [4.69, 9.17) is 4.74 Å². The number of hydrogen-bond acceptors (Lipinski definition) is 3. The van der Waals surface area contributed by atoms with Crippen molar-refractivity contribution in [1.29, 1.82) is 0 Å². The number of nitrogens with one attached hydrogen (secondary N) is 1. The minimum atomic E-state index is 0. The van der Waals surface area contributed by atoms with Crippen molar-refractivity contribution in [2.24, 2.45) is 5.92 Å². The third kappa shape index (κ3) is 7.23. The highest BCUT2D eigenvalue weighted by Gasteiger charge is 2.02. The van der Waals surface area contributed by atoms with Crippen molar-refractivity contribution in [3.8, 4) is 0 Å². The quantitative estimate of drug-likeness (QED) is 0.815. The zero-order chi connectivity index (χ0) is 11.1. The van der Waals surface area contributed by atoms with Crippen LogP contribution in [0.15, 0.2) is 17.5 Å². The summed E-state index contributed by atoms with van der Waals surface area (Å²) in [6.07, 6.45) is 0. The Bertz CT molecular complexity index is 252. The molecule has 0 aliphatic heterocycles. The fourth-order valence-corrected chi connectivity index (χ4v) is 1.88. The molecule has 1 aromatic heterocycles. The van der Waals surface area contributed by atoms with E-state index in [1.165, 1.54) is 4.88 Å². The summed E-state index contributed by atoms with van der Waals surface area (Å²) in [5, 5.41) is 5.55. The summed E-state index contributed by atoms with van der Waals surface area (Å²) in [5.74, 6) is 0.620. The topological polar surface area (TPSA) is 21.3 Å². The predicted molar refractivity (Wildman–Crippen MR) is 73.5 cm³/mol. The van der Waals surface area contributed by atoms with Gasteiger partial charge in [-0.2, -0.15) is 0 Å². The van der Waals surface area contributed by atoms with E-state index in [0.29, 0.717) is 12.0 Å². The maximum Gasteiger partial charge on any atom is 0.0617 e. The van der Waals surface area contributed by atoms with Crippen LogP contribution in [0.2, 0.25) is 0 Å². The molecule has 0 amide bonds. The van der Waals surface area contributed by atoms with E-state index in [-0.39, 0.29) is 12.4 Å². The average Bonchev–Trinajstić information content (AvgIpc) is 2.66. The third-order valence-electron chi connectivity index (χ3n) is 2.02. The molecule has 0 bridgehead atoms. The normalized spacial score (nSPS) is 12.5. The lowest BCUT2D eigenvalue weighted by Crippen LogP contribution is -2.30. The molecule has 0 saturated heterocycles. The first kappa shape index (κ1) is 15.9. The van der Waals surface area contributed by atoms with Crippen LogP contribution in [0.4, 0.5) is 0 Å². The molecule has 0 aliphatic rings. The monoisotopic (exact) mass is 263 g/mol. The number of halogens is 1. The second-order valence-corrected chi connectivity index (χ2v) is 5.32. The van der Waals surface area contributed by atoms with Gasteiger partial charge in [0, 0.05) is 24.1 Å². The first-order valence-corrected chi connectivity index (χ1v) is 6.40. The Morgan fingerprint density at radius 1 is 1.31 bits per heavy atom. The summed E-state index contributed by atoms with van der Waals surface area (Å²) in [6, 6.07) is 4.66. The molecule has 1 aromatic rings. The molecule has 0 spiro atoms. The van der Waals surface area contributed by atoms with Gasteiger partial charge in [-0.3, -0.25) is 0 Å². The molecule has 0 saturated carbocycles. The molecular weight excluding hydrogens is 242 g/mol. The van der Waals surface area contributed by atoms with Crippen LogP contribution in [0, 0.1) is 5.92 Å². The average molecular weight is 264 g/mol. The molecule has 1 unspecified atom stereocenters. The summed E-state index contributed by atoms with van der Waals surface area (Å²) in [4.78, 5) is 1.38. The maximum atomic E-state index is 5.57. The summed E-state index contributed by atoms with van der Waals surface area (Å²) in [5.41, 5.74) is 0.